The second-order valence-corrected chi connectivity index (χ2v) is 6.09. The number of aromatic nitrogens is 2. The molecule has 0 saturated carbocycles. The second kappa shape index (κ2) is 10.6. The number of carbonyl (C=O) groups is 1. The number of likely N-dealkylation sites (tertiary alicyclic amines) is 1. The molecule has 1 fully saturated rings. The fourth-order valence-corrected chi connectivity index (χ4v) is 2.94. The Hall–Kier alpha value is -1.14. The van der Waals surface area contributed by atoms with Crippen LogP contribution >= 0.6 is 12.4 Å². The van der Waals surface area contributed by atoms with Crippen LogP contribution < -0.4 is 5.32 Å². The number of nitrogens with one attached hydrogen (secondary N) is 1. The number of hydrogen-bond donors (Lipinski definition) is 1. The van der Waals surface area contributed by atoms with Crippen molar-refractivity contribution >= 4 is 18.3 Å². The highest BCUT2D eigenvalue weighted by Crippen LogP contribution is 2.17. The lowest BCUT2D eigenvalue weighted by Crippen LogP contribution is -2.40. The number of amides is 1. The van der Waals surface area contributed by atoms with Crippen molar-refractivity contribution in [2.24, 2.45) is 5.92 Å². The van der Waals surface area contributed by atoms with Crippen molar-refractivity contribution < 1.29 is 9.32 Å². The van der Waals surface area contributed by atoms with Crippen molar-refractivity contribution in [2.75, 3.05) is 26.7 Å². The second-order valence-electron chi connectivity index (χ2n) is 6.09. The van der Waals surface area contributed by atoms with Crippen LogP contribution in [0.15, 0.2) is 4.52 Å². The Morgan fingerprint density at radius 3 is 2.74 bits per heavy atom. The van der Waals surface area contributed by atoms with Crippen molar-refractivity contribution in [2.45, 2.75) is 51.9 Å². The standard InChI is InChI=1S/C16H28N4O2.ClH/c1-3-5-14-18-15(22-19-14)6-4-7-16(21)20-10-8-13(9-11-20)12-17-2;/h13,17H,3-12H2,1-2H3;1H. The summed E-state index contributed by atoms with van der Waals surface area (Å²) < 4.78 is 5.19. The minimum absolute atomic E-state index is 0. The number of rotatable bonds is 8. The van der Waals surface area contributed by atoms with Gasteiger partial charge in [-0.05, 0) is 45.2 Å². The molecule has 0 bridgehead atoms. The van der Waals surface area contributed by atoms with Gasteiger partial charge in [-0.3, -0.25) is 4.79 Å². The molecule has 1 aliphatic heterocycles. The molecule has 1 aliphatic rings. The average Bonchev–Trinajstić information content (AvgIpc) is 2.96. The van der Waals surface area contributed by atoms with Gasteiger partial charge in [0.2, 0.25) is 11.8 Å². The zero-order valence-corrected chi connectivity index (χ0v) is 15.0. The molecule has 0 spiro atoms. The van der Waals surface area contributed by atoms with Gasteiger partial charge in [0.25, 0.3) is 0 Å². The average molecular weight is 345 g/mol. The lowest BCUT2D eigenvalue weighted by Gasteiger charge is -2.32. The lowest BCUT2D eigenvalue weighted by molar-refractivity contribution is -0.132. The van der Waals surface area contributed by atoms with Gasteiger partial charge >= 0.3 is 0 Å². The first-order chi connectivity index (χ1) is 10.7. The molecular formula is C16H29ClN4O2. The minimum Gasteiger partial charge on any atom is -0.343 e. The van der Waals surface area contributed by atoms with Crippen LogP contribution in [0.4, 0.5) is 0 Å². The maximum atomic E-state index is 12.2. The molecule has 23 heavy (non-hydrogen) atoms. The van der Waals surface area contributed by atoms with E-state index in [9.17, 15) is 4.79 Å². The molecule has 0 aromatic carbocycles. The Morgan fingerprint density at radius 1 is 1.35 bits per heavy atom. The molecule has 2 rings (SSSR count). The highest BCUT2D eigenvalue weighted by Gasteiger charge is 2.22. The summed E-state index contributed by atoms with van der Waals surface area (Å²) in [7, 11) is 1.99. The quantitative estimate of drug-likeness (QED) is 0.783. The number of aryl methyl sites for hydroxylation is 2. The fraction of sp³-hybridized carbons (Fsp3) is 0.812. The van der Waals surface area contributed by atoms with Crippen LogP contribution in [-0.4, -0.2) is 47.6 Å². The Morgan fingerprint density at radius 2 is 2.09 bits per heavy atom. The summed E-state index contributed by atoms with van der Waals surface area (Å²) in [6, 6.07) is 0. The van der Waals surface area contributed by atoms with Gasteiger partial charge in [0, 0.05) is 32.4 Å². The summed E-state index contributed by atoms with van der Waals surface area (Å²) in [5.74, 6) is 2.40. The normalized spacial score (nSPS) is 15.5. The molecule has 0 unspecified atom stereocenters. The van der Waals surface area contributed by atoms with Crippen molar-refractivity contribution in [3.8, 4) is 0 Å². The maximum absolute atomic E-state index is 12.2. The van der Waals surface area contributed by atoms with Gasteiger partial charge in [0.1, 0.15) is 0 Å². The molecule has 0 atom stereocenters. The number of hydrogen-bond acceptors (Lipinski definition) is 5. The van der Waals surface area contributed by atoms with Gasteiger partial charge in [0.05, 0.1) is 0 Å². The van der Waals surface area contributed by atoms with Gasteiger partial charge in [0.15, 0.2) is 5.82 Å². The van der Waals surface area contributed by atoms with E-state index < -0.39 is 0 Å². The highest BCUT2D eigenvalue weighted by molar-refractivity contribution is 5.85. The summed E-state index contributed by atoms with van der Waals surface area (Å²) >= 11 is 0. The monoisotopic (exact) mass is 344 g/mol. The van der Waals surface area contributed by atoms with Crippen molar-refractivity contribution in [3.63, 3.8) is 0 Å². The maximum Gasteiger partial charge on any atom is 0.226 e. The Balaban J connectivity index is 0.00000264. The number of carbonyl (C=O) groups excluding carboxylic acids is 1. The summed E-state index contributed by atoms with van der Waals surface area (Å²) in [4.78, 5) is 18.5. The molecule has 1 aromatic rings. The van der Waals surface area contributed by atoms with E-state index in [0.29, 0.717) is 24.7 Å². The third-order valence-electron chi connectivity index (χ3n) is 4.23. The van der Waals surface area contributed by atoms with Crippen molar-refractivity contribution in [1.82, 2.24) is 20.4 Å². The van der Waals surface area contributed by atoms with Gasteiger partial charge < -0.3 is 14.7 Å². The SMILES string of the molecule is CCCc1noc(CCCC(=O)N2CCC(CNC)CC2)n1.Cl. The Bertz CT molecular complexity index is 459. The molecule has 1 N–H and O–H groups in total. The van der Waals surface area contributed by atoms with E-state index in [2.05, 4.69) is 22.4 Å². The first-order valence-corrected chi connectivity index (χ1v) is 8.46. The van der Waals surface area contributed by atoms with Crippen molar-refractivity contribution in [1.29, 1.82) is 0 Å². The molecule has 7 heteroatoms. The van der Waals surface area contributed by atoms with Crippen LogP contribution in [0.5, 0.6) is 0 Å². The van der Waals surface area contributed by atoms with Crippen LogP contribution in [0, 0.1) is 5.92 Å². The van der Waals surface area contributed by atoms with E-state index in [1.165, 1.54) is 0 Å². The van der Waals surface area contributed by atoms with Gasteiger partial charge in [-0.2, -0.15) is 4.98 Å². The Kier molecular flexibility index (Phi) is 9.17. The number of nitrogens with zero attached hydrogens (tertiary/aromatic N) is 3. The molecule has 0 aliphatic carbocycles. The highest BCUT2D eigenvalue weighted by atomic mass is 35.5. The summed E-state index contributed by atoms with van der Waals surface area (Å²) in [6.07, 6.45) is 6.13. The summed E-state index contributed by atoms with van der Waals surface area (Å²) in [5, 5.41) is 7.15. The number of halogens is 1. The van der Waals surface area contributed by atoms with Gasteiger partial charge in [-0.1, -0.05) is 12.1 Å². The molecule has 1 aromatic heterocycles. The third-order valence-corrected chi connectivity index (χ3v) is 4.23. The first kappa shape index (κ1) is 19.9. The third kappa shape index (κ3) is 6.47. The van der Waals surface area contributed by atoms with Gasteiger partial charge in [-0.25, -0.2) is 0 Å². The molecule has 1 amide bonds. The largest absolute Gasteiger partial charge is 0.343 e. The number of piperidine rings is 1. The van der Waals surface area contributed by atoms with Crippen LogP contribution in [0.3, 0.4) is 0 Å². The zero-order valence-electron chi connectivity index (χ0n) is 14.2. The molecular weight excluding hydrogens is 316 g/mol. The molecule has 6 nitrogen and oxygen atoms in total. The van der Waals surface area contributed by atoms with E-state index in [-0.39, 0.29) is 18.3 Å². The molecule has 2 heterocycles. The van der Waals surface area contributed by atoms with E-state index in [1.807, 2.05) is 11.9 Å². The van der Waals surface area contributed by atoms with E-state index >= 15 is 0 Å². The van der Waals surface area contributed by atoms with Crippen molar-refractivity contribution in [3.05, 3.63) is 11.7 Å². The lowest BCUT2D eigenvalue weighted by atomic mass is 9.96. The van der Waals surface area contributed by atoms with Crippen LogP contribution in [-0.2, 0) is 17.6 Å². The predicted molar refractivity (Wildman–Crippen MR) is 91.7 cm³/mol. The molecule has 0 radical (unpaired) electrons. The Labute approximate surface area is 144 Å². The first-order valence-electron chi connectivity index (χ1n) is 8.46. The fourth-order valence-electron chi connectivity index (χ4n) is 2.94. The van der Waals surface area contributed by atoms with E-state index in [4.69, 9.17) is 4.52 Å². The topological polar surface area (TPSA) is 71.3 Å². The molecule has 132 valence electrons. The van der Waals surface area contributed by atoms with Crippen LogP contribution in [0.25, 0.3) is 0 Å². The molecule has 1 saturated heterocycles. The minimum atomic E-state index is 0. The smallest absolute Gasteiger partial charge is 0.226 e. The van der Waals surface area contributed by atoms with Crippen LogP contribution in [0.1, 0.15) is 50.7 Å². The predicted octanol–water partition coefficient (Wildman–Crippen LogP) is 2.22. The summed E-state index contributed by atoms with van der Waals surface area (Å²) in [5.41, 5.74) is 0. The van der Waals surface area contributed by atoms with Crippen LogP contribution in [0.2, 0.25) is 0 Å². The van der Waals surface area contributed by atoms with Gasteiger partial charge in [-0.15, -0.1) is 12.4 Å². The van der Waals surface area contributed by atoms with E-state index in [0.717, 1.165) is 57.6 Å². The zero-order chi connectivity index (χ0) is 15.8. The summed E-state index contributed by atoms with van der Waals surface area (Å²) in [6.45, 7) is 4.94. The van der Waals surface area contributed by atoms with E-state index in [1.54, 1.807) is 0 Å².